The van der Waals surface area contributed by atoms with Crippen LogP contribution < -0.4 is 15.4 Å². The van der Waals surface area contributed by atoms with Gasteiger partial charge in [-0.05, 0) is 43.0 Å². The standard InChI is InChI=1S/C31H34ClN7O2/c32-27-12-24(41-23-4-2-1-3-5-23)6-7-25(27)29(40)26-15-34-30-28(26)31(36-19-35-30)37-21-8-10-39(11-9-21)22-17-38(18-22)16-20-13-33-14-20/h1-7,12,15,19-22,33H,8-11,13-14,16-18H2,(H2,34,35,36,37). The number of fused-ring (bicyclic) bond motifs is 1. The van der Waals surface area contributed by atoms with Crippen molar-refractivity contribution in [2.75, 3.05) is 51.1 Å². The Bertz CT molecular complexity index is 1530. The van der Waals surface area contributed by atoms with Crippen LogP contribution in [0.25, 0.3) is 11.0 Å². The van der Waals surface area contributed by atoms with Crippen LogP contribution >= 0.6 is 11.6 Å². The second-order valence-electron chi connectivity index (χ2n) is 11.4. The molecule has 0 amide bonds. The number of nitrogens with one attached hydrogen (secondary N) is 3. The molecule has 3 N–H and O–H groups in total. The summed E-state index contributed by atoms with van der Waals surface area (Å²) >= 11 is 6.59. The first kappa shape index (κ1) is 26.4. The molecule has 0 saturated carbocycles. The normalized spacial score (nSPS) is 19.1. The number of anilines is 1. The van der Waals surface area contributed by atoms with Crippen molar-refractivity contribution in [3.63, 3.8) is 0 Å². The molecular weight excluding hydrogens is 538 g/mol. The van der Waals surface area contributed by atoms with Crippen molar-refractivity contribution in [1.29, 1.82) is 0 Å². The van der Waals surface area contributed by atoms with Crippen LogP contribution in [0.2, 0.25) is 5.02 Å². The molecule has 0 unspecified atom stereocenters. The number of aromatic amines is 1. The number of hydrogen-bond donors (Lipinski definition) is 3. The molecule has 3 aliphatic rings. The van der Waals surface area contributed by atoms with E-state index in [2.05, 4.69) is 35.4 Å². The number of halogens is 1. The van der Waals surface area contributed by atoms with Crippen molar-refractivity contribution in [2.24, 2.45) is 5.92 Å². The van der Waals surface area contributed by atoms with Crippen molar-refractivity contribution in [1.82, 2.24) is 30.1 Å². The predicted molar refractivity (Wildman–Crippen MR) is 160 cm³/mol. The molecule has 0 atom stereocenters. The van der Waals surface area contributed by atoms with E-state index in [-0.39, 0.29) is 11.8 Å². The molecule has 0 bridgehead atoms. The zero-order chi connectivity index (χ0) is 27.8. The van der Waals surface area contributed by atoms with E-state index in [9.17, 15) is 4.79 Å². The summed E-state index contributed by atoms with van der Waals surface area (Å²) in [6.45, 7) is 8.11. The van der Waals surface area contributed by atoms with Crippen LogP contribution in [-0.2, 0) is 0 Å². The number of ether oxygens (including phenoxy) is 1. The maximum atomic E-state index is 13.7. The molecule has 41 heavy (non-hydrogen) atoms. The molecule has 212 valence electrons. The Kier molecular flexibility index (Phi) is 7.35. The van der Waals surface area contributed by atoms with Crippen molar-refractivity contribution < 1.29 is 9.53 Å². The van der Waals surface area contributed by atoms with Gasteiger partial charge in [0.2, 0.25) is 0 Å². The van der Waals surface area contributed by atoms with Gasteiger partial charge in [0.25, 0.3) is 0 Å². The molecule has 3 aliphatic heterocycles. The highest BCUT2D eigenvalue weighted by molar-refractivity contribution is 6.35. The Balaban J connectivity index is 1.01. The smallest absolute Gasteiger partial charge is 0.196 e. The minimum atomic E-state index is -0.188. The number of hydrogen-bond acceptors (Lipinski definition) is 8. The van der Waals surface area contributed by atoms with Crippen molar-refractivity contribution in [3.05, 3.63) is 77.2 Å². The first-order valence-corrected chi connectivity index (χ1v) is 14.8. The molecule has 2 aromatic carbocycles. The van der Waals surface area contributed by atoms with Crippen molar-refractivity contribution >= 4 is 34.2 Å². The van der Waals surface area contributed by atoms with Gasteiger partial charge in [-0.1, -0.05) is 29.8 Å². The number of carbonyl (C=O) groups is 1. The van der Waals surface area contributed by atoms with Crippen LogP contribution in [0, 0.1) is 5.92 Å². The molecule has 0 radical (unpaired) electrons. The number of carbonyl (C=O) groups excluding carboxylic acids is 1. The highest BCUT2D eigenvalue weighted by Gasteiger charge is 2.35. The van der Waals surface area contributed by atoms with Crippen molar-refractivity contribution in [3.8, 4) is 11.5 Å². The van der Waals surface area contributed by atoms with Gasteiger partial charge in [0.05, 0.1) is 16.0 Å². The first-order chi connectivity index (χ1) is 20.1. The summed E-state index contributed by atoms with van der Waals surface area (Å²) in [7, 11) is 0. The van der Waals surface area contributed by atoms with Gasteiger partial charge in [-0.25, -0.2) is 9.97 Å². The van der Waals surface area contributed by atoms with E-state index >= 15 is 0 Å². The molecule has 3 fully saturated rings. The average molecular weight is 572 g/mol. The van der Waals surface area contributed by atoms with Gasteiger partial charge in [-0.3, -0.25) is 14.6 Å². The largest absolute Gasteiger partial charge is 0.457 e. The molecule has 10 heteroatoms. The number of ketones is 1. The van der Waals surface area contributed by atoms with Crippen LogP contribution in [0.3, 0.4) is 0 Å². The van der Waals surface area contributed by atoms with Crippen LogP contribution in [0.4, 0.5) is 5.82 Å². The Morgan fingerprint density at radius 3 is 2.56 bits per heavy atom. The predicted octanol–water partition coefficient (Wildman–Crippen LogP) is 4.41. The summed E-state index contributed by atoms with van der Waals surface area (Å²) in [6, 6.07) is 15.6. The number of aromatic nitrogens is 3. The highest BCUT2D eigenvalue weighted by Crippen LogP contribution is 2.32. The quantitative estimate of drug-likeness (QED) is 0.254. The number of rotatable bonds is 9. The van der Waals surface area contributed by atoms with E-state index in [0.29, 0.717) is 50.5 Å². The minimum absolute atomic E-state index is 0.188. The minimum Gasteiger partial charge on any atom is -0.457 e. The second kappa shape index (κ2) is 11.4. The third-order valence-corrected chi connectivity index (χ3v) is 8.90. The highest BCUT2D eigenvalue weighted by atomic mass is 35.5. The van der Waals surface area contributed by atoms with Gasteiger partial charge in [-0.15, -0.1) is 0 Å². The lowest BCUT2D eigenvalue weighted by molar-refractivity contribution is 0.00829. The zero-order valence-electron chi connectivity index (χ0n) is 22.9. The summed E-state index contributed by atoms with van der Waals surface area (Å²) in [5, 5.41) is 8.03. The van der Waals surface area contributed by atoms with Gasteiger partial charge >= 0.3 is 0 Å². The number of nitrogens with zero attached hydrogens (tertiary/aromatic N) is 4. The second-order valence-corrected chi connectivity index (χ2v) is 11.8. The van der Waals surface area contributed by atoms with E-state index in [1.807, 2.05) is 30.3 Å². The Hall–Kier alpha value is -3.50. The van der Waals surface area contributed by atoms with Gasteiger partial charge in [0.1, 0.15) is 29.3 Å². The topological polar surface area (TPSA) is 98.4 Å². The third kappa shape index (κ3) is 5.55. The Morgan fingerprint density at radius 1 is 1.02 bits per heavy atom. The Morgan fingerprint density at radius 2 is 1.83 bits per heavy atom. The first-order valence-electron chi connectivity index (χ1n) is 14.4. The lowest BCUT2D eigenvalue weighted by Crippen LogP contribution is -2.63. The molecule has 0 aliphatic carbocycles. The molecule has 5 heterocycles. The van der Waals surface area contributed by atoms with Crippen molar-refractivity contribution in [2.45, 2.75) is 24.9 Å². The summed E-state index contributed by atoms with van der Waals surface area (Å²) in [5.74, 6) is 2.60. The summed E-state index contributed by atoms with van der Waals surface area (Å²) in [5.41, 5.74) is 1.52. The SMILES string of the molecule is O=C(c1ccc(Oc2ccccc2)cc1Cl)c1c[nH]c2ncnc(NC3CCN(C4CN(CC5CNC5)C4)CC3)c12. The summed E-state index contributed by atoms with van der Waals surface area (Å²) < 4.78 is 5.88. The maximum Gasteiger partial charge on any atom is 0.196 e. The van der Waals surface area contributed by atoms with Crippen LogP contribution in [0.15, 0.2) is 61.1 Å². The van der Waals surface area contributed by atoms with Crippen LogP contribution in [-0.4, -0.2) is 88.4 Å². The molecule has 4 aromatic rings. The van der Waals surface area contributed by atoms with Crippen LogP contribution in [0.5, 0.6) is 11.5 Å². The third-order valence-electron chi connectivity index (χ3n) is 8.59. The number of benzene rings is 2. The maximum absolute atomic E-state index is 13.7. The van der Waals surface area contributed by atoms with E-state index in [1.54, 1.807) is 24.4 Å². The molecule has 7 rings (SSSR count). The van der Waals surface area contributed by atoms with E-state index in [1.165, 1.54) is 39.1 Å². The van der Waals surface area contributed by atoms with E-state index < -0.39 is 0 Å². The molecule has 9 nitrogen and oxygen atoms in total. The molecule has 3 saturated heterocycles. The number of para-hydroxylation sites is 1. The Labute approximate surface area is 244 Å². The summed E-state index contributed by atoms with van der Waals surface area (Å²) in [4.78, 5) is 31.0. The van der Waals surface area contributed by atoms with Gasteiger partial charge in [0, 0.05) is 75.7 Å². The fourth-order valence-electron chi connectivity index (χ4n) is 6.13. The number of likely N-dealkylation sites (tertiary alicyclic amines) is 2. The van der Waals surface area contributed by atoms with Gasteiger partial charge in [0.15, 0.2) is 5.78 Å². The fourth-order valence-corrected chi connectivity index (χ4v) is 6.39. The lowest BCUT2D eigenvalue weighted by atomic mass is 9.96. The molecule has 2 aromatic heterocycles. The van der Waals surface area contributed by atoms with Crippen LogP contribution in [0.1, 0.15) is 28.8 Å². The monoisotopic (exact) mass is 571 g/mol. The zero-order valence-corrected chi connectivity index (χ0v) is 23.6. The van der Waals surface area contributed by atoms with E-state index in [4.69, 9.17) is 16.3 Å². The number of piperidine rings is 1. The summed E-state index contributed by atoms with van der Waals surface area (Å²) in [6.07, 6.45) is 5.31. The lowest BCUT2D eigenvalue weighted by Gasteiger charge is -2.49. The number of H-pyrrole nitrogens is 1. The van der Waals surface area contributed by atoms with E-state index in [0.717, 1.165) is 31.8 Å². The fraction of sp³-hybridized carbons (Fsp3) is 0.387. The van der Waals surface area contributed by atoms with Gasteiger partial charge < -0.3 is 20.4 Å². The molecular formula is C31H34ClN7O2. The average Bonchev–Trinajstić information content (AvgIpc) is 3.38. The van der Waals surface area contributed by atoms with Gasteiger partial charge in [-0.2, -0.15) is 0 Å². The molecule has 0 spiro atoms.